The molecule has 0 fully saturated rings. The summed E-state index contributed by atoms with van der Waals surface area (Å²) in [5, 5.41) is 0. The van der Waals surface area contributed by atoms with E-state index in [0.717, 1.165) is 12.8 Å². The lowest BCUT2D eigenvalue weighted by molar-refractivity contribution is -0.161. The lowest BCUT2D eigenvalue weighted by atomic mass is 10.1. The van der Waals surface area contributed by atoms with Crippen LogP contribution in [0.1, 0.15) is 78.7 Å². The Labute approximate surface area is 207 Å². The molecule has 2 N–H and O–H groups in total. The summed E-state index contributed by atoms with van der Waals surface area (Å²) >= 11 is 0. The molecule has 0 aromatic heterocycles. The molecule has 1 aromatic rings. The second kappa shape index (κ2) is 15.9. The molecule has 0 aliphatic rings. The molecular formula is C26H39NO8. The summed E-state index contributed by atoms with van der Waals surface area (Å²) in [6.45, 7) is 9.04. The molecule has 9 heteroatoms. The van der Waals surface area contributed by atoms with Gasteiger partial charge in [0.15, 0.2) is 11.5 Å². The van der Waals surface area contributed by atoms with Crippen molar-refractivity contribution in [3.05, 3.63) is 23.8 Å². The number of carbonyl (C=O) groups excluding carboxylic acids is 4. The lowest BCUT2D eigenvalue weighted by Gasteiger charge is -2.18. The van der Waals surface area contributed by atoms with Gasteiger partial charge in [0.2, 0.25) is 0 Å². The predicted octanol–water partition coefficient (Wildman–Crippen LogP) is 3.88. The van der Waals surface area contributed by atoms with E-state index in [0.29, 0.717) is 18.4 Å². The zero-order chi connectivity index (χ0) is 26.4. The first-order chi connectivity index (χ1) is 16.6. The molecule has 196 valence electrons. The minimum atomic E-state index is -1.00. The van der Waals surface area contributed by atoms with Gasteiger partial charge in [0, 0.05) is 12.8 Å². The van der Waals surface area contributed by atoms with E-state index >= 15 is 0 Å². The van der Waals surface area contributed by atoms with Crippen LogP contribution in [-0.4, -0.2) is 42.6 Å². The Morgan fingerprint density at radius 3 is 2.03 bits per heavy atom. The predicted molar refractivity (Wildman–Crippen MR) is 130 cm³/mol. The summed E-state index contributed by atoms with van der Waals surface area (Å²) in [5.74, 6) is -1.88. The monoisotopic (exact) mass is 493 g/mol. The average Bonchev–Trinajstić information content (AvgIpc) is 2.79. The highest BCUT2D eigenvalue weighted by Crippen LogP contribution is 2.30. The van der Waals surface area contributed by atoms with Gasteiger partial charge < -0.3 is 24.7 Å². The molecule has 3 atom stereocenters. The van der Waals surface area contributed by atoms with Gasteiger partial charge in [-0.15, -0.1) is 0 Å². The van der Waals surface area contributed by atoms with Crippen LogP contribution in [0.3, 0.4) is 0 Å². The van der Waals surface area contributed by atoms with Gasteiger partial charge in [0.25, 0.3) is 0 Å². The SMILES string of the molecule is CCCC(=O)Oc1ccc(C[C@H](N)C(=O)O[C@@H](C)COC(=O)C(C)CCC)cc1OC(=O)CCC. The maximum absolute atomic E-state index is 12.4. The van der Waals surface area contributed by atoms with E-state index in [9.17, 15) is 19.2 Å². The van der Waals surface area contributed by atoms with Crippen molar-refractivity contribution in [2.24, 2.45) is 11.7 Å². The van der Waals surface area contributed by atoms with Crippen LogP contribution < -0.4 is 15.2 Å². The molecule has 0 spiro atoms. The van der Waals surface area contributed by atoms with Crippen LogP contribution in [0.4, 0.5) is 0 Å². The van der Waals surface area contributed by atoms with Crippen molar-refractivity contribution in [1.82, 2.24) is 0 Å². The molecule has 0 bridgehead atoms. The van der Waals surface area contributed by atoms with Crippen LogP contribution in [-0.2, 0) is 35.1 Å². The highest BCUT2D eigenvalue weighted by atomic mass is 16.6. The van der Waals surface area contributed by atoms with Gasteiger partial charge in [-0.2, -0.15) is 0 Å². The molecule has 1 rings (SSSR count). The van der Waals surface area contributed by atoms with Crippen molar-refractivity contribution >= 4 is 23.9 Å². The lowest BCUT2D eigenvalue weighted by Crippen LogP contribution is -2.37. The number of ether oxygens (including phenoxy) is 4. The zero-order valence-corrected chi connectivity index (χ0v) is 21.5. The number of carbonyl (C=O) groups is 4. The molecule has 0 aliphatic heterocycles. The molecule has 9 nitrogen and oxygen atoms in total. The van der Waals surface area contributed by atoms with Crippen LogP contribution in [0.15, 0.2) is 18.2 Å². The van der Waals surface area contributed by atoms with E-state index in [1.165, 1.54) is 12.1 Å². The molecule has 0 saturated carbocycles. The van der Waals surface area contributed by atoms with Crippen LogP contribution in [0, 0.1) is 5.92 Å². The zero-order valence-electron chi connectivity index (χ0n) is 21.5. The van der Waals surface area contributed by atoms with Gasteiger partial charge >= 0.3 is 23.9 Å². The fraction of sp³-hybridized carbons (Fsp3) is 0.615. The minimum absolute atomic E-state index is 0.0549. The largest absolute Gasteiger partial charge is 0.462 e. The highest BCUT2D eigenvalue weighted by molar-refractivity contribution is 5.77. The Kier molecular flexibility index (Phi) is 13.6. The molecule has 1 unspecified atom stereocenters. The topological polar surface area (TPSA) is 131 Å². The number of esters is 4. The van der Waals surface area contributed by atoms with Crippen molar-refractivity contribution in [2.75, 3.05) is 6.61 Å². The van der Waals surface area contributed by atoms with Crippen molar-refractivity contribution in [3.63, 3.8) is 0 Å². The maximum atomic E-state index is 12.4. The Bertz CT molecular complexity index is 854. The normalized spacial score (nSPS) is 13.3. The van der Waals surface area contributed by atoms with Crippen molar-refractivity contribution < 1.29 is 38.1 Å². The van der Waals surface area contributed by atoms with Gasteiger partial charge in [-0.25, -0.2) is 0 Å². The quantitative estimate of drug-likeness (QED) is 0.285. The number of nitrogens with two attached hydrogens (primary N) is 1. The number of rotatable bonds is 15. The molecule has 0 radical (unpaired) electrons. The Morgan fingerprint density at radius 1 is 0.857 bits per heavy atom. The van der Waals surface area contributed by atoms with E-state index in [4.69, 9.17) is 24.7 Å². The first-order valence-corrected chi connectivity index (χ1v) is 12.3. The molecule has 0 aliphatic carbocycles. The van der Waals surface area contributed by atoms with Gasteiger partial charge in [-0.05, 0) is 50.3 Å². The first kappa shape index (κ1) is 30.1. The summed E-state index contributed by atoms with van der Waals surface area (Å²) in [5.41, 5.74) is 6.62. The smallest absolute Gasteiger partial charge is 0.323 e. The third-order valence-electron chi connectivity index (χ3n) is 5.02. The van der Waals surface area contributed by atoms with Gasteiger partial charge in [-0.3, -0.25) is 19.2 Å². The van der Waals surface area contributed by atoms with E-state index in [2.05, 4.69) is 0 Å². The standard InChI is InChI=1S/C26H39NO8/c1-6-9-17(4)25(30)32-16-18(5)33-26(31)20(27)14-19-12-13-21(34-23(28)10-7-2)22(15-19)35-24(29)11-8-3/h12-13,15,17-18,20H,6-11,14,16,27H2,1-5H3/t17?,18-,20-/m0/s1. The van der Waals surface area contributed by atoms with Crippen molar-refractivity contribution in [3.8, 4) is 11.5 Å². The molecule has 35 heavy (non-hydrogen) atoms. The fourth-order valence-corrected chi connectivity index (χ4v) is 3.15. The van der Waals surface area contributed by atoms with E-state index < -0.39 is 30.1 Å². The number of hydrogen-bond acceptors (Lipinski definition) is 9. The van der Waals surface area contributed by atoms with Crippen molar-refractivity contribution in [1.29, 1.82) is 0 Å². The van der Waals surface area contributed by atoms with Crippen LogP contribution in [0.2, 0.25) is 0 Å². The van der Waals surface area contributed by atoms with Gasteiger partial charge in [0.05, 0.1) is 5.92 Å². The fourth-order valence-electron chi connectivity index (χ4n) is 3.15. The third-order valence-corrected chi connectivity index (χ3v) is 5.02. The van der Waals surface area contributed by atoms with Gasteiger partial charge in [-0.1, -0.05) is 40.2 Å². The van der Waals surface area contributed by atoms with Crippen LogP contribution in [0.5, 0.6) is 11.5 Å². The summed E-state index contributed by atoms with van der Waals surface area (Å²) < 4.78 is 21.2. The first-order valence-electron chi connectivity index (χ1n) is 12.3. The summed E-state index contributed by atoms with van der Waals surface area (Å²) in [6.07, 6.45) is 2.70. The summed E-state index contributed by atoms with van der Waals surface area (Å²) in [4.78, 5) is 48.3. The van der Waals surface area contributed by atoms with E-state index in [-0.39, 0.29) is 49.3 Å². The molecule has 0 heterocycles. The molecule has 0 amide bonds. The molecule has 0 saturated heterocycles. The Balaban J connectivity index is 2.78. The molecule has 1 aromatic carbocycles. The Morgan fingerprint density at radius 2 is 1.46 bits per heavy atom. The maximum Gasteiger partial charge on any atom is 0.323 e. The number of hydrogen-bond donors (Lipinski definition) is 1. The summed E-state index contributed by atoms with van der Waals surface area (Å²) in [7, 11) is 0. The summed E-state index contributed by atoms with van der Waals surface area (Å²) in [6, 6.07) is 3.67. The second-order valence-electron chi connectivity index (χ2n) is 8.61. The van der Waals surface area contributed by atoms with Crippen LogP contribution in [0.25, 0.3) is 0 Å². The van der Waals surface area contributed by atoms with Crippen LogP contribution >= 0.6 is 0 Å². The molecular weight excluding hydrogens is 454 g/mol. The van der Waals surface area contributed by atoms with E-state index in [1.54, 1.807) is 19.9 Å². The third kappa shape index (κ3) is 11.4. The van der Waals surface area contributed by atoms with Gasteiger partial charge in [0.1, 0.15) is 18.8 Å². The second-order valence-corrected chi connectivity index (χ2v) is 8.61. The average molecular weight is 494 g/mol. The van der Waals surface area contributed by atoms with E-state index in [1.807, 2.05) is 20.8 Å². The number of benzene rings is 1. The Hall–Kier alpha value is -2.94. The van der Waals surface area contributed by atoms with Crippen molar-refractivity contribution in [2.45, 2.75) is 91.7 Å². The highest BCUT2D eigenvalue weighted by Gasteiger charge is 2.22. The minimum Gasteiger partial charge on any atom is -0.462 e.